The molecule has 0 aliphatic heterocycles. The van der Waals surface area contributed by atoms with Gasteiger partial charge in [-0.1, -0.05) is 48.0 Å². The number of rotatable bonds is 5. The third-order valence-electron chi connectivity index (χ3n) is 4.21. The van der Waals surface area contributed by atoms with Crippen molar-refractivity contribution >= 4 is 23.4 Å². The van der Waals surface area contributed by atoms with Crippen LogP contribution in [-0.4, -0.2) is 17.7 Å². The number of carbonyl (C=O) groups is 3. The Balaban J connectivity index is 1.52. The molecule has 3 N–H and O–H groups in total. The van der Waals surface area contributed by atoms with E-state index in [9.17, 15) is 14.4 Å². The van der Waals surface area contributed by atoms with Crippen LogP contribution >= 0.6 is 0 Å². The third-order valence-corrected chi connectivity index (χ3v) is 4.21. The van der Waals surface area contributed by atoms with Crippen LogP contribution in [0.4, 0.5) is 5.69 Å². The third kappa shape index (κ3) is 5.77. The van der Waals surface area contributed by atoms with Crippen LogP contribution in [0.1, 0.15) is 31.8 Å². The van der Waals surface area contributed by atoms with Crippen molar-refractivity contribution in [2.45, 2.75) is 13.3 Å². The van der Waals surface area contributed by atoms with E-state index in [2.05, 4.69) is 16.2 Å². The molecule has 3 rings (SSSR count). The predicted octanol–water partition coefficient (Wildman–Crippen LogP) is 3.25. The molecule has 0 aromatic heterocycles. The summed E-state index contributed by atoms with van der Waals surface area (Å²) in [5.74, 6) is -0.978. The molecule has 3 aromatic carbocycles. The van der Waals surface area contributed by atoms with Crippen LogP contribution in [0.5, 0.6) is 0 Å². The molecule has 6 nitrogen and oxygen atoms in total. The molecular weight excluding hydrogens is 366 g/mol. The van der Waals surface area contributed by atoms with E-state index >= 15 is 0 Å². The molecule has 0 atom stereocenters. The van der Waals surface area contributed by atoms with Crippen LogP contribution in [-0.2, 0) is 11.2 Å². The highest BCUT2D eigenvalue weighted by Gasteiger charge is 2.10. The van der Waals surface area contributed by atoms with Crippen LogP contribution in [0.15, 0.2) is 78.9 Å². The molecule has 6 heteroatoms. The van der Waals surface area contributed by atoms with E-state index in [0.29, 0.717) is 16.8 Å². The summed E-state index contributed by atoms with van der Waals surface area (Å²) in [7, 11) is 0. The minimum Gasteiger partial charge on any atom is -0.322 e. The van der Waals surface area contributed by atoms with Crippen molar-refractivity contribution in [2.75, 3.05) is 5.32 Å². The summed E-state index contributed by atoms with van der Waals surface area (Å²) in [6.07, 6.45) is 0.172. The molecule has 0 bridgehead atoms. The van der Waals surface area contributed by atoms with E-state index in [0.717, 1.165) is 11.1 Å². The van der Waals surface area contributed by atoms with Crippen molar-refractivity contribution in [2.24, 2.45) is 0 Å². The van der Waals surface area contributed by atoms with E-state index in [-0.39, 0.29) is 18.2 Å². The summed E-state index contributed by atoms with van der Waals surface area (Å²) in [6.45, 7) is 1.92. The second-order valence-electron chi connectivity index (χ2n) is 6.57. The largest absolute Gasteiger partial charge is 0.322 e. The van der Waals surface area contributed by atoms with Crippen LogP contribution in [0.3, 0.4) is 0 Å². The van der Waals surface area contributed by atoms with Gasteiger partial charge >= 0.3 is 0 Å². The van der Waals surface area contributed by atoms with E-state index < -0.39 is 5.91 Å². The molecule has 0 spiro atoms. The van der Waals surface area contributed by atoms with Crippen molar-refractivity contribution in [3.63, 3.8) is 0 Å². The van der Waals surface area contributed by atoms with Gasteiger partial charge in [-0.15, -0.1) is 0 Å². The summed E-state index contributed by atoms with van der Waals surface area (Å²) < 4.78 is 0. The standard InChI is InChI=1S/C23H21N3O3/c1-16-6-5-9-19(14-16)22(28)24-20-12-10-18(11-13-20)23(29)26-25-21(27)15-17-7-3-2-4-8-17/h2-14H,15H2,1H3,(H,24,28)(H,25,27)(H,26,29). The molecule has 0 aliphatic rings. The second kappa shape index (κ2) is 9.32. The number of carbonyl (C=O) groups excluding carboxylic acids is 3. The Labute approximate surface area is 168 Å². The molecule has 0 radical (unpaired) electrons. The molecule has 0 heterocycles. The minimum absolute atomic E-state index is 0.172. The first-order valence-corrected chi connectivity index (χ1v) is 9.12. The first-order chi connectivity index (χ1) is 14.0. The highest BCUT2D eigenvalue weighted by atomic mass is 16.2. The van der Waals surface area contributed by atoms with Crippen molar-refractivity contribution in [3.8, 4) is 0 Å². The highest BCUT2D eigenvalue weighted by molar-refractivity contribution is 6.04. The number of nitrogens with one attached hydrogen (secondary N) is 3. The van der Waals surface area contributed by atoms with Gasteiger partial charge in [-0.3, -0.25) is 25.2 Å². The van der Waals surface area contributed by atoms with Crippen molar-refractivity contribution in [1.82, 2.24) is 10.9 Å². The molecule has 0 unspecified atom stereocenters. The fraction of sp³-hybridized carbons (Fsp3) is 0.0870. The molecule has 0 saturated heterocycles. The molecular formula is C23H21N3O3. The van der Waals surface area contributed by atoms with Gasteiger partial charge in [0.25, 0.3) is 11.8 Å². The Morgan fingerprint density at radius 1 is 0.724 bits per heavy atom. The van der Waals surface area contributed by atoms with Gasteiger partial charge in [-0.05, 0) is 48.9 Å². The lowest BCUT2D eigenvalue weighted by Gasteiger charge is -2.09. The molecule has 29 heavy (non-hydrogen) atoms. The van der Waals surface area contributed by atoms with Gasteiger partial charge < -0.3 is 5.32 Å². The van der Waals surface area contributed by atoms with Gasteiger partial charge in [0, 0.05) is 16.8 Å². The Bertz CT molecular complexity index is 1020. The molecule has 3 aromatic rings. The van der Waals surface area contributed by atoms with E-state index in [1.807, 2.05) is 49.4 Å². The zero-order valence-corrected chi connectivity index (χ0v) is 15.9. The number of amides is 3. The predicted molar refractivity (Wildman–Crippen MR) is 111 cm³/mol. The summed E-state index contributed by atoms with van der Waals surface area (Å²) in [4.78, 5) is 36.4. The molecule has 3 amide bonds. The van der Waals surface area contributed by atoms with E-state index in [1.54, 1.807) is 36.4 Å². The zero-order chi connectivity index (χ0) is 20.6. The molecule has 146 valence electrons. The summed E-state index contributed by atoms with van der Waals surface area (Å²) in [5, 5.41) is 2.79. The van der Waals surface area contributed by atoms with Gasteiger partial charge in [0.15, 0.2) is 0 Å². The molecule has 0 aliphatic carbocycles. The van der Waals surface area contributed by atoms with Gasteiger partial charge in [0.05, 0.1) is 6.42 Å². The van der Waals surface area contributed by atoms with Crippen LogP contribution in [0, 0.1) is 6.92 Å². The Morgan fingerprint density at radius 2 is 1.45 bits per heavy atom. The zero-order valence-electron chi connectivity index (χ0n) is 15.9. The number of benzene rings is 3. The topological polar surface area (TPSA) is 87.3 Å². The van der Waals surface area contributed by atoms with Crippen LogP contribution < -0.4 is 16.2 Å². The average Bonchev–Trinajstić information content (AvgIpc) is 2.73. The van der Waals surface area contributed by atoms with E-state index in [4.69, 9.17) is 0 Å². The monoisotopic (exact) mass is 387 g/mol. The fourth-order valence-corrected chi connectivity index (χ4v) is 2.72. The first-order valence-electron chi connectivity index (χ1n) is 9.12. The summed E-state index contributed by atoms with van der Waals surface area (Å²) in [6, 6.07) is 22.9. The van der Waals surface area contributed by atoms with Crippen LogP contribution in [0.25, 0.3) is 0 Å². The Kier molecular flexibility index (Phi) is 6.37. The molecule has 0 saturated carbocycles. The quantitative estimate of drug-likeness (QED) is 0.587. The van der Waals surface area contributed by atoms with Gasteiger partial charge in [-0.2, -0.15) is 0 Å². The lowest BCUT2D eigenvalue weighted by Crippen LogP contribution is -2.42. The SMILES string of the molecule is Cc1cccc(C(=O)Nc2ccc(C(=O)NNC(=O)Cc3ccccc3)cc2)c1. The minimum atomic E-state index is -0.442. The maximum atomic E-state index is 12.3. The van der Waals surface area contributed by atoms with E-state index in [1.165, 1.54) is 0 Å². The highest BCUT2D eigenvalue weighted by Crippen LogP contribution is 2.12. The Hall–Kier alpha value is -3.93. The lowest BCUT2D eigenvalue weighted by atomic mass is 10.1. The van der Waals surface area contributed by atoms with Crippen LogP contribution in [0.2, 0.25) is 0 Å². The first kappa shape index (κ1) is 19.8. The van der Waals surface area contributed by atoms with Crippen molar-refractivity contribution < 1.29 is 14.4 Å². The number of anilines is 1. The lowest BCUT2D eigenvalue weighted by molar-refractivity contribution is -0.121. The number of hydrogen-bond donors (Lipinski definition) is 3. The maximum Gasteiger partial charge on any atom is 0.269 e. The molecule has 0 fully saturated rings. The normalized spacial score (nSPS) is 10.1. The number of hydrazine groups is 1. The second-order valence-corrected chi connectivity index (χ2v) is 6.57. The number of aryl methyl sites for hydroxylation is 1. The smallest absolute Gasteiger partial charge is 0.269 e. The number of hydrogen-bond acceptors (Lipinski definition) is 3. The van der Waals surface area contributed by atoms with Gasteiger partial charge in [0.1, 0.15) is 0 Å². The summed E-state index contributed by atoms with van der Waals surface area (Å²) >= 11 is 0. The maximum absolute atomic E-state index is 12.3. The Morgan fingerprint density at radius 3 is 2.14 bits per heavy atom. The van der Waals surface area contributed by atoms with Crippen molar-refractivity contribution in [1.29, 1.82) is 0 Å². The van der Waals surface area contributed by atoms with Gasteiger partial charge in [0.2, 0.25) is 5.91 Å². The van der Waals surface area contributed by atoms with Gasteiger partial charge in [-0.25, -0.2) is 0 Å². The average molecular weight is 387 g/mol. The van der Waals surface area contributed by atoms with Crippen molar-refractivity contribution in [3.05, 3.63) is 101 Å². The fourth-order valence-electron chi connectivity index (χ4n) is 2.72. The summed E-state index contributed by atoms with van der Waals surface area (Å²) in [5.41, 5.74) is 8.13.